The number of nitrogens with one attached hydrogen (secondary N) is 1. The van der Waals surface area contributed by atoms with Gasteiger partial charge in [-0.3, -0.25) is 0 Å². The lowest BCUT2D eigenvalue weighted by atomic mass is 9.85. The Kier molecular flexibility index (Phi) is 4.50. The lowest BCUT2D eigenvalue weighted by Crippen LogP contribution is -2.55. The number of ether oxygens (including phenoxy) is 2. The zero-order chi connectivity index (χ0) is 14.0. The molecule has 1 aromatic carbocycles. The number of methoxy groups -OCH3 is 2. The standard InChI is InChI=1S/C14H20BrNO3/c1-9-4-11(15)5-10(13(9)17)8-16-12-6-14(7-12,18-2)19-3/h4-5,12,16-17H,6-8H2,1-3H3. The van der Waals surface area contributed by atoms with E-state index in [1.807, 2.05) is 19.1 Å². The van der Waals surface area contributed by atoms with Crippen molar-refractivity contribution in [3.05, 3.63) is 27.7 Å². The van der Waals surface area contributed by atoms with Crippen molar-refractivity contribution in [2.45, 2.75) is 38.1 Å². The van der Waals surface area contributed by atoms with E-state index < -0.39 is 5.79 Å². The van der Waals surface area contributed by atoms with Crippen molar-refractivity contribution in [3.63, 3.8) is 0 Å². The number of aromatic hydroxyl groups is 1. The van der Waals surface area contributed by atoms with E-state index in [4.69, 9.17) is 9.47 Å². The topological polar surface area (TPSA) is 50.7 Å². The monoisotopic (exact) mass is 329 g/mol. The van der Waals surface area contributed by atoms with Crippen LogP contribution in [-0.4, -0.2) is 31.2 Å². The van der Waals surface area contributed by atoms with E-state index in [1.54, 1.807) is 14.2 Å². The molecule has 0 spiro atoms. The van der Waals surface area contributed by atoms with Crippen molar-refractivity contribution < 1.29 is 14.6 Å². The van der Waals surface area contributed by atoms with Gasteiger partial charge in [0.2, 0.25) is 0 Å². The second-order valence-corrected chi connectivity index (χ2v) is 5.95. The number of rotatable bonds is 5. The van der Waals surface area contributed by atoms with Gasteiger partial charge in [-0.15, -0.1) is 0 Å². The Bertz CT molecular complexity index is 452. The molecule has 0 saturated heterocycles. The highest BCUT2D eigenvalue weighted by molar-refractivity contribution is 9.10. The molecule has 1 aliphatic rings. The summed E-state index contributed by atoms with van der Waals surface area (Å²) in [6.07, 6.45) is 1.65. The molecule has 0 heterocycles. The van der Waals surface area contributed by atoms with Gasteiger partial charge in [-0.25, -0.2) is 0 Å². The summed E-state index contributed by atoms with van der Waals surface area (Å²) in [4.78, 5) is 0. The van der Waals surface area contributed by atoms with Crippen LogP contribution in [0.1, 0.15) is 24.0 Å². The van der Waals surface area contributed by atoms with Crippen LogP contribution in [-0.2, 0) is 16.0 Å². The molecule has 1 aromatic rings. The normalized spacial score (nSPS) is 18.3. The van der Waals surface area contributed by atoms with Crippen LogP contribution >= 0.6 is 15.9 Å². The van der Waals surface area contributed by atoms with Gasteiger partial charge in [-0.05, 0) is 24.6 Å². The molecule has 5 heteroatoms. The second kappa shape index (κ2) is 5.79. The maximum atomic E-state index is 10.0. The van der Waals surface area contributed by atoms with Gasteiger partial charge in [0.1, 0.15) is 5.75 Å². The summed E-state index contributed by atoms with van der Waals surface area (Å²) in [5.74, 6) is -0.0628. The summed E-state index contributed by atoms with van der Waals surface area (Å²) < 4.78 is 11.7. The molecule has 0 radical (unpaired) electrons. The van der Waals surface area contributed by atoms with Gasteiger partial charge in [-0.1, -0.05) is 15.9 Å². The summed E-state index contributed by atoms with van der Waals surface area (Å²) in [5.41, 5.74) is 1.78. The quantitative estimate of drug-likeness (QED) is 0.815. The van der Waals surface area contributed by atoms with E-state index in [1.165, 1.54) is 0 Å². The summed E-state index contributed by atoms with van der Waals surface area (Å²) in [6.45, 7) is 2.54. The summed E-state index contributed by atoms with van der Waals surface area (Å²) in [5, 5.41) is 13.4. The van der Waals surface area contributed by atoms with Crippen molar-refractivity contribution in [2.75, 3.05) is 14.2 Å². The van der Waals surface area contributed by atoms with Crippen molar-refractivity contribution in [2.24, 2.45) is 0 Å². The third kappa shape index (κ3) is 3.11. The van der Waals surface area contributed by atoms with Crippen LogP contribution in [0.3, 0.4) is 0 Å². The lowest BCUT2D eigenvalue weighted by molar-refractivity contribution is -0.259. The molecule has 0 aromatic heterocycles. The number of hydrogen-bond acceptors (Lipinski definition) is 4. The van der Waals surface area contributed by atoms with E-state index in [2.05, 4.69) is 21.2 Å². The number of halogens is 1. The van der Waals surface area contributed by atoms with Crippen LogP contribution in [0.2, 0.25) is 0 Å². The zero-order valence-corrected chi connectivity index (χ0v) is 13.1. The van der Waals surface area contributed by atoms with E-state index >= 15 is 0 Å². The average Bonchev–Trinajstić information content (AvgIpc) is 2.34. The van der Waals surface area contributed by atoms with Gasteiger partial charge in [-0.2, -0.15) is 0 Å². The van der Waals surface area contributed by atoms with Gasteiger partial charge in [0.05, 0.1) is 0 Å². The molecule has 106 valence electrons. The minimum atomic E-state index is -0.424. The fraction of sp³-hybridized carbons (Fsp3) is 0.571. The minimum Gasteiger partial charge on any atom is -0.507 e. The molecule has 1 aliphatic carbocycles. The number of benzene rings is 1. The zero-order valence-electron chi connectivity index (χ0n) is 11.5. The van der Waals surface area contributed by atoms with Crippen LogP contribution < -0.4 is 5.32 Å². The van der Waals surface area contributed by atoms with Gasteiger partial charge >= 0.3 is 0 Å². The number of hydrogen-bond donors (Lipinski definition) is 2. The van der Waals surface area contributed by atoms with Gasteiger partial charge in [0, 0.05) is 49.7 Å². The summed E-state index contributed by atoms with van der Waals surface area (Å²) in [7, 11) is 3.34. The lowest BCUT2D eigenvalue weighted by Gasteiger charge is -2.45. The van der Waals surface area contributed by atoms with Crippen LogP contribution in [0.5, 0.6) is 5.75 Å². The Morgan fingerprint density at radius 3 is 2.58 bits per heavy atom. The maximum Gasteiger partial charge on any atom is 0.170 e. The second-order valence-electron chi connectivity index (χ2n) is 5.04. The molecular weight excluding hydrogens is 310 g/mol. The molecule has 1 fully saturated rings. The van der Waals surface area contributed by atoms with Gasteiger partial charge in [0.15, 0.2) is 5.79 Å². The fourth-order valence-corrected chi connectivity index (χ4v) is 3.07. The average molecular weight is 330 g/mol. The van der Waals surface area contributed by atoms with Gasteiger partial charge < -0.3 is 19.9 Å². The predicted octanol–water partition coefficient (Wildman–Crippen LogP) is 2.70. The Balaban J connectivity index is 1.91. The highest BCUT2D eigenvalue weighted by Crippen LogP contribution is 2.36. The van der Waals surface area contributed by atoms with Crippen LogP contribution in [0.4, 0.5) is 0 Å². The predicted molar refractivity (Wildman–Crippen MR) is 77.2 cm³/mol. The number of phenols is 1. The van der Waals surface area contributed by atoms with E-state index in [9.17, 15) is 5.11 Å². The summed E-state index contributed by atoms with van der Waals surface area (Å²) in [6, 6.07) is 4.20. The molecular formula is C14H20BrNO3. The van der Waals surface area contributed by atoms with Crippen molar-refractivity contribution in [1.29, 1.82) is 0 Å². The molecule has 1 saturated carbocycles. The number of aryl methyl sites for hydroxylation is 1. The smallest absolute Gasteiger partial charge is 0.170 e. The largest absolute Gasteiger partial charge is 0.507 e. The van der Waals surface area contributed by atoms with Crippen molar-refractivity contribution in [3.8, 4) is 5.75 Å². The molecule has 0 unspecified atom stereocenters. The van der Waals surface area contributed by atoms with Gasteiger partial charge in [0.25, 0.3) is 0 Å². The molecule has 0 aliphatic heterocycles. The highest BCUT2D eigenvalue weighted by Gasteiger charge is 2.44. The Morgan fingerprint density at radius 1 is 1.37 bits per heavy atom. The molecule has 0 atom stereocenters. The first-order valence-electron chi connectivity index (χ1n) is 6.31. The van der Waals surface area contributed by atoms with Crippen LogP contribution in [0.15, 0.2) is 16.6 Å². The van der Waals surface area contributed by atoms with Crippen molar-refractivity contribution >= 4 is 15.9 Å². The van der Waals surface area contributed by atoms with E-state index in [0.717, 1.165) is 28.4 Å². The Labute approximate surface area is 122 Å². The molecule has 19 heavy (non-hydrogen) atoms. The minimum absolute atomic E-state index is 0.360. The third-order valence-corrected chi connectivity index (χ3v) is 4.24. The maximum absolute atomic E-state index is 10.0. The first kappa shape index (κ1) is 14.8. The van der Waals surface area contributed by atoms with Crippen molar-refractivity contribution in [1.82, 2.24) is 5.32 Å². The highest BCUT2D eigenvalue weighted by atomic mass is 79.9. The molecule has 4 nitrogen and oxygen atoms in total. The van der Waals surface area contributed by atoms with E-state index in [0.29, 0.717) is 18.3 Å². The first-order valence-corrected chi connectivity index (χ1v) is 7.10. The van der Waals surface area contributed by atoms with E-state index in [-0.39, 0.29) is 0 Å². The third-order valence-electron chi connectivity index (χ3n) is 3.78. The van der Waals surface area contributed by atoms with Crippen LogP contribution in [0, 0.1) is 6.92 Å². The number of phenolic OH excluding ortho intramolecular Hbond substituents is 1. The fourth-order valence-electron chi connectivity index (χ4n) is 2.45. The SMILES string of the molecule is COC1(OC)CC(NCc2cc(Br)cc(C)c2O)C1. The molecule has 2 N–H and O–H groups in total. The van der Waals surface area contributed by atoms with Crippen LogP contribution in [0.25, 0.3) is 0 Å². The Morgan fingerprint density at radius 2 is 2.00 bits per heavy atom. The Hall–Kier alpha value is -0.620. The molecule has 2 rings (SSSR count). The molecule has 0 bridgehead atoms. The first-order chi connectivity index (χ1) is 8.99. The summed E-state index contributed by atoms with van der Waals surface area (Å²) >= 11 is 3.45. The molecule has 0 amide bonds.